The van der Waals surface area contributed by atoms with Crippen molar-refractivity contribution in [2.75, 3.05) is 11.9 Å². The second kappa shape index (κ2) is 17.3. The molecule has 272 valence electrons. The number of anilines is 1. The molecule has 2 atom stereocenters. The minimum atomic E-state index is -1.48. The lowest BCUT2D eigenvalue weighted by molar-refractivity contribution is -0.163. The van der Waals surface area contributed by atoms with Gasteiger partial charge in [0.25, 0.3) is 11.8 Å². The third-order valence-corrected chi connectivity index (χ3v) is 7.26. The Labute approximate surface area is 297 Å². The average molecular weight is 703 g/mol. The van der Waals surface area contributed by atoms with Crippen molar-refractivity contribution in [1.82, 2.24) is 4.90 Å². The van der Waals surface area contributed by atoms with E-state index in [0.717, 1.165) is 10.5 Å². The van der Waals surface area contributed by atoms with Gasteiger partial charge in [-0.25, -0.2) is 4.79 Å². The van der Waals surface area contributed by atoms with Crippen molar-refractivity contribution in [1.29, 1.82) is 0 Å². The summed E-state index contributed by atoms with van der Waals surface area (Å²) in [4.78, 5) is 66.7. The van der Waals surface area contributed by atoms with Crippen molar-refractivity contribution in [2.24, 2.45) is 5.92 Å². The highest BCUT2D eigenvalue weighted by Gasteiger charge is 2.38. The molecule has 0 saturated carbocycles. The molecule has 3 N–H and O–H groups in total. The molecule has 3 aromatic rings. The Balaban J connectivity index is 2.05. The molecule has 0 spiro atoms. The number of furan rings is 1. The van der Waals surface area contributed by atoms with Crippen LogP contribution in [0.2, 0.25) is 0 Å². The highest BCUT2D eigenvalue weighted by molar-refractivity contribution is 6.04. The van der Waals surface area contributed by atoms with Gasteiger partial charge in [0, 0.05) is 24.7 Å². The normalized spacial score (nSPS) is 13.5. The summed E-state index contributed by atoms with van der Waals surface area (Å²) in [5, 5.41) is 23.5. The average Bonchev–Trinajstić information content (AvgIpc) is 3.52. The van der Waals surface area contributed by atoms with Crippen LogP contribution in [0.15, 0.2) is 94.6 Å². The number of aliphatic hydroxyl groups is 1. The van der Waals surface area contributed by atoms with Gasteiger partial charge in [-0.1, -0.05) is 60.7 Å². The Bertz CT molecular complexity index is 1750. The van der Waals surface area contributed by atoms with Crippen molar-refractivity contribution in [3.05, 3.63) is 107 Å². The summed E-state index contributed by atoms with van der Waals surface area (Å²) in [5.41, 5.74) is -1.37. The zero-order valence-corrected chi connectivity index (χ0v) is 30.0. The number of benzene rings is 2. The highest BCUT2D eigenvalue weighted by Crippen LogP contribution is 2.26. The van der Waals surface area contributed by atoms with Crippen molar-refractivity contribution < 1.29 is 48.1 Å². The molecule has 2 unspecified atom stereocenters. The van der Waals surface area contributed by atoms with Crippen LogP contribution in [0.1, 0.15) is 76.8 Å². The molecule has 2 amide bonds. The van der Waals surface area contributed by atoms with Gasteiger partial charge >= 0.3 is 17.9 Å². The van der Waals surface area contributed by atoms with Gasteiger partial charge in [0.15, 0.2) is 11.5 Å². The number of carbonyl (C=O) groups excluding carboxylic acids is 4. The number of ether oxygens (including phenoxy) is 2. The van der Waals surface area contributed by atoms with Crippen LogP contribution < -0.4 is 5.32 Å². The first-order chi connectivity index (χ1) is 23.8. The number of para-hydroxylation sites is 1. The maximum atomic E-state index is 14.1. The smallest absolute Gasteiger partial charge is 0.339 e. The maximum Gasteiger partial charge on any atom is 0.339 e. The number of amides is 2. The van der Waals surface area contributed by atoms with Crippen molar-refractivity contribution in [3.8, 4) is 0 Å². The van der Waals surface area contributed by atoms with Crippen molar-refractivity contribution >= 4 is 41.5 Å². The highest BCUT2D eigenvalue weighted by atomic mass is 16.6. The van der Waals surface area contributed by atoms with Crippen LogP contribution in [0.5, 0.6) is 0 Å². The summed E-state index contributed by atoms with van der Waals surface area (Å²) in [6.07, 6.45) is 2.24. The van der Waals surface area contributed by atoms with Gasteiger partial charge in [0.1, 0.15) is 17.0 Å². The monoisotopic (exact) mass is 702 g/mol. The largest absolute Gasteiger partial charge is 0.503 e. The second-order valence-electron chi connectivity index (χ2n) is 13.8. The number of rotatable bonds is 14. The van der Waals surface area contributed by atoms with E-state index in [9.17, 15) is 34.2 Å². The standard InChI is InChI=1S/C39H46N2O10/c1-25(29(36(47)50-38(2,3)4)23-28-20-21-31(49-28)34(45)40-27-18-12-9-13-19-27)41(22-14-17-26-15-10-8-11-16-26)35(46)33(44)30(24-32(42)43)37(48)51-39(5,6)7/h8-21,25,29,44H,22-24H2,1-7H3,(H,40,45)(H,42,43)/b17-14+,33-30?. The number of carboxylic acids is 1. The van der Waals surface area contributed by atoms with Gasteiger partial charge in [0.2, 0.25) is 0 Å². The van der Waals surface area contributed by atoms with Crippen LogP contribution in [0.4, 0.5) is 5.69 Å². The second-order valence-corrected chi connectivity index (χ2v) is 13.8. The van der Waals surface area contributed by atoms with E-state index >= 15 is 0 Å². The van der Waals surface area contributed by atoms with E-state index in [-0.39, 0.29) is 24.5 Å². The third kappa shape index (κ3) is 12.6. The van der Waals surface area contributed by atoms with Gasteiger partial charge in [0.05, 0.1) is 17.9 Å². The first kappa shape index (κ1) is 39.8. The van der Waals surface area contributed by atoms with Crippen LogP contribution in [0.3, 0.4) is 0 Å². The number of aliphatic carboxylic acids is 1. The van der Waals surface area contributed by atoms with E-state index in [1.807, 2.05) is 36.4 Å². The molecule has 0 aliphatic heterocycles. The molecule has 12 heteroatoms. The molecule has 0 fully saturated rings. The Morgan fingerprint density at radius 3 is 2.00 bits per heavy atom. The number of esters is 2. The molecule has 2 aromatic carbocycles. The fourth-order valence-corrected chi connectivity index (χ4v) is 4.90. The number of hydrogen-bond donors (Lipinski definition) is 3. The Hall–Kier alpha value is -5.65. The van der Waals surface area contributed by atoms with Crippen LogP contribution in [-0.4, -0.2) is 68.6 Å². The Kier molecular flexibility index (Phi) is 13.5. The number of carbonyl (C=O) groups is 5. The molecule has 0 radical (unpaired) electrons. The van der Waals surface area contributed by atoms with Gasteiger partial charge in [-0.3, -0.25) is 19.2 Å². The topological polar surface area (TPSA) is 173 Å². The van der Waals surface area contributed by atoms with Gasteiger partial charge in [-0.15, -0.1) is 0 Å². The zero-order chi connectivity index (χ0) is 37.9. The Morgan fingerprint density at radius 2 is 1.43 bits per heavy atom. The summed E-state index contributed by atoms with van der Waals surface area (Å²) in [7, 11) is 0. The van der Waals surface area contributed by atoms with Crippen LogP contribution in [-0.2, 0) is 35.1 Å². The van der Waals surface area contributed by atoms with Crippen LogP contribution in [0.25, 0.3) is 6.08 Å². The maximum absolute atomic E-state index is 14.1. The van der Waals surface area contributed by atoms with Gasteiger partial charge in [-0.05, 0) is 78.3 Å². The minimum Gasteiger partial charge on any atom is -0.503 e. The molecule has 12 nitrogen and oxygen atoms in total. The van der Waals surface area contributed by atoms with Gasteiger partial charge < -0.3 is 34.3 Å². The summed E-state index contributed by atoms with van der Waals surface area (Å²) < 4.78 is 16.9. The molecule has 0 bridgehead atoms. The molecular formula is C39H46N2O10. The van der Waals surface area contributed by atoms with E-state index in [0.29, 0.717) is 5.69 Å². The van der Waals surface area contributed by atoms with E-state index in [1.54, 1.807) is 84.9 Å². The van der Waals surface area contributed by atoms with E-state index < -0.39 is 70.6 Å². The summed E-state index contributed by atoms with van der Waals surface area (Å²) >= 11 is 0. The fourth-order valence-electron chi connectivity index (χ4n) is 4.90. The first-order valence-corrected chi connectivity index (χ1v) is 16.4. The zero-order valence-electron chi connectivity index (χ0n) is 30.0. The van der Waals surface area contributed by atoms with Gasteiger partial charge in [-0.2, -0.15) is 0 Å². The molecule has 51 heavy (non-hydrogen) atoms. The van der Waals surface area contributed by atoms with E-state index in [4.69, 9.17) is 13.9 Å². The van der Waals surface area contributed by atoms with Crippen molar-refractivity contribution in [3.63, 3.8) is 0 Å². The van der Waals surface area contributed by atoms with E-state index in [2.05, 4.69) is 5.32 Å². The first-order valence-electron chi connectivity index (χ1n) is 16.4. The quantitative estimate of drug-likeness (QED) is 0.0945. The molecule has 0 aliphatic carbocycles. The number of hydrogen-bond acceptors (Lipinski definition) is 9. The predicted molar refractivity (Wildman–Crippen MR) is 191 cm³/mol. The SMILES string of the molecule is CC(C(Cc1ccc(C(=O)Nc2ccccc2)o1)C(=O)OC(C)(C)C)N(C/C=C/c1ccccc1)C(=O)C(O)=C(CC(=O)O)C(=O)OC(C)(C)C. The Morgan fingerprint density at radius 1 is 0.843 bits per heavy atom. The third-order valence-electron chi connectivity index (χ3n) is 7.26. The summed E-state index contributed by atoms with van der Waals surface area (Å²) in [6, 6.07) is 19.9. The molecule has 1 aromatic heterocycles. The van der Waals surface area contributed by atoms with Crippen LogP contribution >= 0.6 is 0 Å². The summed E-state index contributed by atoms with van der Waals surface area (Å²) in [5.74, 6) is -7.01. The number of carboxylic acid groups (broad SMARTS) is 1. The summed E-state index contributed by atoms with van der Waals surface area (Å²) in [6.45, 7) is 11.1. The molecule has 1 heterocycles. The van der Waals surface area contributed by atoms with E-state index in [1.165, 1.54) is 12.1 Å². The molecule has 0 saturated heterocycles. The number of aliphatic hydroxyl groups excluding tert-OH is 1. The number of nitrogens with one attached hydrogen (secondary N) is 1. The van der Waals surface area contributed by atoms with Crippen LogP contribution in [0, 0.1) is 5.92 Å². The molecular weight excluding hydrogens is 656 g/mol. The predicted octanol–water partition coefficient (Wildman–Crippen LogP) is 6.59. The number of nitrogens with zero attached hydrogens (tertiary/aromatic N) is 1. The lowest BCUT2D eigenvalue weighted by Crippen LogP contribution is -2.48. The molecule has 3 rings (SSSR count). The molecule has 0 aliphatic rings. The minimum absolute atomic E-state index is 0.0144. The fraction of sp³-hybridized carbons (Fsp3) is 0.359. The lowest BCUT2D eigenvalue weighted by Gasteiger charge is -2.34. The van der Waals surface area contributed by atoms with Crippen molar-refractivity contribution in [2.45, 2.75) is 78.6 Å². The lowest BCUT2D eigenvalue weighted by atomic mass is 9.93.